The quantitative estimate of drug-likeness (QED) is 0.724. The normalized spacial score (nSPS) is 12.4. The number of nitrogens with one attached hydrogen (secondary N) is 1. The summed E-state index contributed by atoms with van der Waals surface area (Å²) in [5.41, 5.74) is 6.56. The van der Waals surface area contributed by atoms with E-state index in [1.54, 1.807) is 4.68 Å². The fourth-order valence-corrected chi connectivity index (χ4v) is 1.66. The highest BCUT2D eigenvalue weighted by Gasteiger charge is 2.09. The highest BCUT2D eigenvalue weighted by Crippen LogP contribution is 2.05. The van der Waals surface area contributed by atoms with Crippen molar-refractivity contribution in [1.82, 2.24) is 15.1 Å². The van der Waals surface area contributed by atoms with Gasteiger partial charge in [-0.25, -0.2) is 0 Å². The van der Waals surface area contributed by atoms with E-state index in [1.165, 1.54) is 0 Å². The zero-order chi connectivity index (χ0) is 12.7. The average Bonchev–Trinajstić information content (AvgIpc) is 2.72. The molecule has 0 radical (unpaired) electrons. The number of carbonyl (C=O) groups is 1. The Morgan fingerprint density at radius 2 is 2.41 bits per heavy atom. The van der Waals surface area contributed by atoms with Crippen LogP contribution in [0.5, 0.6) is 0 Å². The van der Waals surface area contributed by atoms with Crippen LogP contribution in [0, 0.1) is 5.92 Å². The predicted octanol–water partition coefficient (Wildman–Crippen LogP) is 0.454. The standard InChI is InChI=1S/C12H22N4O/c1-3-10(9-13)8-12(17)14-6-4-11-5-7-16(2)15-11/h5,7,10H,3-4,6,8-9,13H2,1-2H3,(H,14,17). The molecular weight excluding hydrogens is 216 g/mol. The van der Waals surface area contributed by atoms with E-state index in [1.807, 2.05) is 19.3 Å². The summed E-state index contributed by atoms with van der Waals surface area (Å²) >= 11 is 0. The second kappa shape index (κ2) is 7.06. The van der Waals surface area contributed by atoms with Crippen molar-refractivity contribution < 1.29 is 4.79 Å². The Morgan fingerprint density at radius 3 is 2.94 bits per heavy atom. The summed E-state index contributed by atoms with van der Waals surface area (Å²) < 4.78 is 1.76. The van der Waals surface area contributed by atoms with E-state index in [2.05, 4.69) is 17.3 Å². The molecule has 0 aliphatic carbocycles. The number of nitrogens with zero attached hydrogens (tertiary/aromatic N) is 2. The van der Waals surface area contributed by atoms with Gasteiger partial charge in [0.2, 0.25) is 5.91 Å². The number of nitrogens with two attached hydrogens (primary N) is 1. The van der Waals surface area contributed by atoms with Crippen LogP contribution in [0.25, 0.3) is 0 Å². The van der Waals surface area contributed by atoms with Crippen molar-refractivity contribution in [3.8, 4) is 0 Å². The van der Waals surface area contributed by atoms with Crippen LogP contribution in [0.15, 0.2) is 12.3 Å². The Labute approximate surface area is 102 Å². The maximum absolute atomic E-state index is 11.6. The van der Waals surface area contributed by atoms with Crippen molar-refractivity contribution >= 4 is 5.91 Å². The smallest absolute Gasteiger partial charge is 0.220 e. The zero-order valence-electron chi connectivity index (χ0n) is 10.6. The lowest BCUT2D eigenvalue weighted by atomic mass is 10.0. The Balaban J connectivity index is 2.20. The van der Waals surface area contributed by atoms with E-state index >= 15 is 0 Å². The van der Waals surface area contributed by atoms with Gasteiger partial charge in [0.25, 0.3) is 0 Å². The van der Waals surface area contributed by atoms with Crippen LogP contribution in [0.2, 0.25) is 0 Å². The summed E-state index contributed by atoms with van der Waals surface area (Å²) in [5.74, 6) is 0.378. The molecule has 0 saturated heterocycles. The Bertz CT molecular complexity index is 344. The van der Waals surface area contributed by atoms with Crippen molar-refractivity contribution in [2.75, 3.05) is 13.1 Å². The third-order valence-corrected chi connectivity index (χ3v) is 2.86. The van der Waals surface area contributed by atoms with Crippen molar-refractivity contribution in [1.29, 1.82) is 0 Å². The molecule has 0 fully saturated rings. The van der Waals surface area contributed by atoms with E-state index in [0.717, 1.165) is 18.5 Å². The van der Waals surface area contributed by atoms with Crippen molar-refractivity contribution in [3.05, 3.63) is 18.0 Å². The lowest BCUT2D eigenvalue weighted by Crippen LogP contribution is -2.29. The monoisotopic (exact) mass is 238 g/mol. The molecule has 1 amide bonds. The van der Waals surface area contributed by atoms with E-state index in [9.17, 15) is 4.79 Å². The van der Waals surface area contributed by atoms with Crippen molar-refractivity contribution in [2.24, 2.45) is 18.7 Å². The molecule has 5 heteroatoms. The van der Waals surface area contributed by atoms with E-state index in [0.29, 0.717) is 25.4 Å². The minimum Gasteiger partial charge on any atom is -0.356 e. The summed E-state index contributed by atoms with van der Waals surface area (Å²) in [6.45, 7) is 3.26. The molecule has 1 aromatic rings. The molecule has 0 spiro atoms. The molecule has 5 nitrogen and oxygen atoms in total. The van der Waals surface area contributed by atoms with Crippen LogP contribution in [0.4, 0.5) is 0 Å². The number of amides is 1. The molecule has 17 heavy (non-hydrogen) atoms. The second-order valence-corrected chi connectivity index (χ2v) is 4.29. The Hall–Kier alpha value is -1.36. The van der Waals surface area contributed by atoms with E-state index in [-0.39, 0.29) is 5.91 Å². The minimum absolute atomic E-state index is 0.0817. The number of aryl methyl sites for hydroxylation is 1. The summed E-state index contributed by atoms with van der Waals surface area (Å²) in [5, 5.41) is 7.14. The molecule has 0 aromatic carbocycles. The molecule has 0 aliphatic heterocycles. The zero-order valence-corrected chi connectivity index (χ0v) is 10.6. The minimum atomic E-state index is 0.0817. The molecule has 96 valence electrons. The van der Waals surface area contributed by atoms with Crippen molar-refractivity contribution in [2.45, 2.75) is 26.2 Å². The number of hydrogen-bond donors (Lipinski definition) is 2. The number of carbonyl (C=O) groups excluding carboxylic acids is 1. The molecular formula is C12H22N4O. The number of aromatic nitrogens is 2. The molecule has 1 heterocycles. The largest absolute Gasteiger partial charge is 0.356 e. The first-order valence-electron chi connectivity index (χ1n) is 6.11. The molecule has 1 aromatic heterocycles. The number of rotatable bonds is 7. The Kier molecular flexibility index (Phi) is 5.69. The molecule has 1 unspecified atom stereocenters. The molecule has 1 atom stereocenters. The molecule has 3 N–H and O–H groups in total. The lowest BCUT2D eigenvalue weighted by Gasteiger charge is -2.11. The second-order valence-electron chi connectivity index (χ2n) is 4.29. The van der Waals surface area contributed by atoms with Crippen LogP contribution in [-0.4, -0.2) is 28.8 Å². The van der Waals surface area contributed by atoms with E-state index < -0.39 is 0 Å². The van der Waals surface area contributed by atoms with Crippen LogP contribution >= 0.6 is 0 Å². The van der Waals surface area contributed by atoms with E-state index in [4.69, 9.17) is 5.73 Å². The van der Waals surface area contributed by atoms with Gasteiger partial charge in [0.05, 0.1) is 5.69 Å². The molecule has 1 rings (SSSR count). The first kappa shape index (κ1) is 13.7. The van der Waals surface area contributed by atoms with Crippen LogP contribution < -0.4 is 11.1 Å². The van der Waals surface area contributed by atoms with Gasteiger partial charge < -0.3 is 11.1 Å². The lowest BCUT2D eigenvalue weighted by molar-refractivity contribution is -0.121. The molecule has 0 saturated carbocycles. The molecule has 0 bridgehead atoms. The summed E-state index contributed by atoms with van der Waals surface area (Å²) in [6.07, 6.45) is 4.14. The summed E-state index contributed by atoms with van der Waals surface area (Å²) in [7, 11) is 1.88. The van der Waals surface area contributed by atoms with Gasteiger partial charge in [0.1, 0.15) is 0 Å². The maximum Gasteiger partial charge on any atom is 0.220 e. The fraction of sp³-hybridized carbons (Fsp3) is 0.667. The van der Waals surface area contributed by atoms with Gasteiger partial charge in [-0.15, -0.1) is 0 Å². The van der Waals surface area contributed by atoms with Gasteiger partial charge in [-0.3, -0.25) is 9.48 Å². The van der Waals surface area contributed by atoms with Crippen LogP contribution in [0.1, 0.15) is 25.5 Å². The van der Waals surface area contributed by atoms with Gasteiger partial charge in [-0.05, 0) is 18.5 Å². The van der Waals surface area contributed by atoms with Gasteiger partial charge >= 0.3 is 0 Å². The highest BCUT2D eigenvalue weighted by atomic mass is 16.1. The third-order valence-electron chi connectivity index (χ3n) is 2.86. The van der Waals surface area contributed by atoms with Gasteiger partial charge in [0.15, 0.2) is 0 Å². The van der Waals surface area contributed by atoms with Gasteiger partial charge in [0, 0.05) is 32.6 Å². The Morgan fingerprint density at radius 1 is 1.65 bits per heavy atom. The van der Waals surface area contributed by atoms with Gasteiger partial charge in [-0.1, -0.05) is 13.3 Å². The van der Waals surface area contributed by atoms with Crippen LogP contribution in [-0.2, 0) is 18.3 Å². The van der Waals surface area contributed by atoms with Crippen molar-refractivity contribution in [3.63, 3.8) is 0 Å². The number of hydrogen-bond acceptors (Lipinski definition) is 3. The summed E-state index contributed by atoms with van der Waals surface area (Å²) in [4.78, 5) is 11.6. The first-order valence-corrected chi connectivity index (χ1v) is 6.11. The third kappa shape index (κ3) is 4.99. The topological polar surface area (TPSA) is 72.9 Å². The van der Waals surface area contributed by atoms with Gasteiger partial charge in [-0.2, -0.15) is 5.10 Å². The highest BCUT2D eigenvalue weighted by molar-refractivity contribution is 5.76. The SMILES string of the molecule is CCC(CN)CC(=O)NCCc1ccn(C)n1. The first-order chi connectivity index (χ1) is 8.15. The predicted molar refractivity (Wildman–Crippen MR) is 67.4 cm³/mol. The maximum atomic E-state index is 11.6. The molecule has 0 aliphatic rings. The fourth-order valence-electron chi connectivity index (χ4n) is 1.66. The average molecular weight is 238 g/mol. The van der Waals surface area contributed by atoms with Crippen LogP contribution in [0.3, 0.4) is 0 Å². The summed E-state index contributed by atoms with van der Waals surface area (Å²) in [6, 6.07) is 1.96.